The van der Waals surface area contributed by atoms with Crippen LogP contribution in [0.3, 0.4) is 0 Å². The Bertz CT molecular complexity index is 577. The lowest BCUT2D eigenvalue weighted by molar-refractivity contribution is -0.174. The van der Waals surface area contributed by atoms with Crippen molar-refractivity contribution in [1.29, 1.82) is 0 Å². The Morgan fingerprint density at radius 3 is 3.00 bits per heavy atom. The van der Waals surface area contributed by atoms with Gasteiger partial charge in [0, 0.05) is 45.8 Å². The van der Waals surface area contributed by atoms with Crippen LogP contribution in [0.4, 0.5) is 10.6 Å². The van der Waals surface area contributed by atoms with E-state index in [1.165, 1.54) is 6.33 Å². The highest BCUT2D eigenvalue weighted by Gasteiger charge is 2.42. The number of morpholine rings is 1. The Morgan fingerprint density at radius 2 is 2.25 bits per heavy atom. The van der Waals surface area contributed by atoms with Crippen molar-refractivity contribution < 1.29 is 19.0 Å². The summed E-state index contributed by atoms with van der Waals surface area (Å²) >= 11 is 0. The predicted octanol–water partition coefficient (Wildman–Crippen LogP) is 1.42. The van der Waals surface area contributed by atoms with E-state index in [-0.39, 0.29) is 17.7 Å². The van der Waals surface area contributed by atoms with Crippen LogP contribution in [0.25, 0.3) is 0 Å². The molecule has 2 aliphatic heterocycles. The predicted molar refractivity (Wildman–Crippen MR) is 86.7 cm³/mol. The van der Waals surface area contributed by atoms with E-state index in [2.05, 4.69) is 15.3 Å². The maximum Gasteiger partial charge on any atom is 0.323 e. The average Bonchev–Trinajstić information content (AvgIpc) is 2.55. The number of rotatable bonds is 3. The van der Waals surface area contributed by atoms with Crippen LogP contribution in [-0.4, -0.2) is 66.0 Å². The van der Waals surface area contributed by atoms with Crippen molar-refractivity contribution >= 4 is 11.8 Å². The van der Waals surface area contributed by atoms with Gasteiger partial charge < -0.3 is 19.1 Å². The van der Waals surface area contributed by atoms with Gasteiger partial charge in [0.25, 0.3) is 0 Å². The number of nitrogens with zero attached hydrogens (tertiary/aromatic N) is 3. The molecule has 24 heavy (non-hydrogen) atoms. The summed E-state index contributed by atoms with van der Waals surface area (Å²) < 4.78 is 16.6. The van der Waals surface area contributed by atoms with Crippen molar-refractivity contribution in [2.75, 3.05) is 38.7 Å². The largest absolute Gasteiger partial charge is 0.381 e. The summed E-state index contributed by atoms with van der Waals surface area (Å²) in [5.41, 5.74) is 0.430. The number of amides is 2. The molecule has 0 saturated carbocycles. The molecule has 1 aromatic heterocycles. The summed E-state index contributed by atoms with van der Waals surface area (Å²) in [7, 11) is 1.60. The van der Waals surface area contributed by atoms with Crippen molar-refractivity contribution in [2.24, 2.45) is 0 Å². The summed E-state index contributed by atoms with van der Waals surface area (Å²) in [6.07, 6.45) is 3.04. The number of hydrogen-bond acceptors (Lipinski definition) is 6. The minimum absolute atomic E-state index is 0.00273. The molecule has 3 rings (SSSR count). The molecule has 1 unspecified atom stereocenters. The number of aromatic nitrogens is 2. The van der Waals surface area contributed by atoms with E-state index in [0.717, 1.165) is 18.5 Å². The number of ether oxygens (including phenoxy) is 3. The molecular weight excluding hydrogens is 312 g/mol. The number of urea groups is 1. The summed E-state index contributed by atoms with van der Waals surface area (Å²) in [4.78, 5) is 22.6. The zero-order chi connectivity index (χ0) is 17.0. The van der Waals surface area contributed by atoms with Crippen LogP contribution in [0.15, 0.2) is 12.4 Å². The summed E-state index contributed by atoms with van der Waals surface area (Å²) in [5.74, 6) is 0.474. The zero-order valence-electron chi connectivity index (χ0n) is 14.2. The van der Waals surface area contributed by atoms with Crippen LogP contribution >= 0.6 is 0 Å². The van der Waals surface area contributed by atoms with E-state index in [4.69, 9.17) is 14.2 Å². The van der Waals surface area contributed by atoms with Gasteiger partial charge in [0.05, 0.1) is 30.6 Å². The fourth-order valence-electron chi connectivity index (χ4n) is 3.28. The van der Waals surface area contributed by atoms with Crippen LogP contribution in [0.5, 0.6) is 0 Å². The second-order valence-corrected chi connectivity index (χ2v) is 6.36. The van der Waals surface area contributed by atoms with E-state index < -0.39 is 0 Å². The normalized spacial score (nSPS) is 23.2. The third kappa shape index (κ3) is 4.00. The van der Waals surface area contributed by atoms with Gasteiger partial charge in [0.2, 0.25) is 0 Å². The molecule has 0 aliphatic carbocycles. The second kappa shape index (κ2) is 7.42. The molecule has 2 amide bonds. The highest BCUT2D eigenvalue weighted by Crippen LogP contribution is 2.31. The Kier molecular flexibility index (Phi) is 5.27. The molecule has 0 bridgehead atoms. The highest BCUT2D eigenvalue weighted by molar-refractivity contribution is 5.88. The van der Waals surface area contributed by atoms with Crippen LogP contribution < -0.4 is 5.32 Å². The van der Waals surface area contributed by atoms with Gasteiger partial charge in [0.15, 0.2) is 0 Å². The lowest BCUT2D eigenvalue weighted by Gasteiger charge is -2.47. The van der Waals surface area contributed by atoms with Crippen LogP contribution in [0, 0.1) is 0 Å². The summed E-state index contributed by atoms with van der Waals surface area (Å²) in [6, 6.07) is 1.55. The smallest absolute Gasteiger partial charge is 0.323 e. The van der Waals surface area contributed by atoms with Crippen LogP contribution in [0.1, 0.15) is 25.5 Å². The van der Waals surface area contributed by atoms with Gasteiger partial charge in [-0.15, -0.1) is 0 Å². The monoisotopic (exact) mass is 336 g/mol. The maximum atomic E-state index is 12.6. The van der Waals surface area contributed by atoms with Gasteiger partial charge in [-0.25, -0.2) is 14.8 Å². The van der Waals surface area contributed by atoms with Gasteiger partial charge in [0.1, 0.15) is 12.1 Å². The fourth-order valence-corrected chi connectivity index (χ4v) is 3.28. The minimum Gasteiger partial charge on any atom is -0.381 e. The Hall–Kier alpha value is -1.77. The molecule has 2 aliphatic rings. The molecule has 8 heteroatoms. The topological polar surface area (TPSA) is 85.8 Å². The van der Waals surface area contributed by atoms with Crippen molar-refractivity contribution in [2.45, 2.75) is 38.1 Å². The average molecular weight is 336 g/mol. The molecule has 1 atom stereocenters. The number of hydrogen-bond donors (Lipinski definition) is 1. The first-order valence-corrected chi connectivity index (χ1v) is 8.22. The molecule has 0 aromatic carbocycles. The number of methoxy groups -OCH3 is 1. The van der Waals surface area contributed by atoms with Gasteiger partial charge in [-0.1, -0.05) is 0 Å². The van der Waals surface area contributed by atoms with Crippen molar-refractivity contribution in [1.82, 2.24) is 14.9 Å². The zero-order valence-corrected chi connectivity index (χ0v) is 14.2. The fraction of sp³-hybridized carbons (Fsp3) is 0.688. The molecular formula is C16H24N4O4. The number of carbonyl (C=O) groups is 1. The molecule has 1 N–H and O–H groups in total. The maximum absolute atomic E-state index is 12.6. The van der Waals surface area contributed by atoms with Crippen LogP contribution in [-0.2, 0) is 20.8 Å². The van der Waals surface area contributed by atoms with Crippen molar-refractivity contribution in [3.8, 4) is 0 Å². The lowest BCUT2D eigenvalue weighted by Crippen LogP contribution is -2.59. The summed E-state index contributed by atoms with van der Waals surface area (Å²) in [6.45, 7) is 4.86. The Balaban J connectivity index is 1.66. The standard InChI is InChI=1S/C16H24N4O4/c1-12-8-20(10-16(24-12)3-5-23-6-4-16)15(21)19-14-7-13(9-22-2)17-11-18-14/h7,11-12H,3-6,8-10H2,1-2H3,(H,17,18,19,21). The second-order valence-electron chi connectivity index (χ2n) is 6.36. The number of nitrogens with one attached hydrogen (secondary N) is 1. The number of anilines is 1. The molecule has 132 valence electrons. The number of carbonyl (C=O) groups excluding carboxylic acids is 1. The van der Waals surface area contributed by atoms with Gasteiger partial charge in [-0.3, -0.25) is 5.32 Å². The quantitative estimate of drug-likeness (QED) is 0.898. The van der Waals surface area contributed by atoms with Crippen molar-refractivity contribution in [3.63, 3.8) is 0 Å². The van der Waals surface area contributed by atoms with Gasteiger partial charge in [-0.05, 0) is 6.92 Å². The summed E-state index contributed by atoms with van der Waals surface area (Å²) in [5, 5.41) is 2.85. The third-order valence-electron chi connectivity index (χ3n) is 4.35. The molecule has 1 aromatic rings. The SMILES string of the molecule is COCc1cc(NC(=O)N2CC(C)OC3(CCOCC3)C2)ncn1. The first kappa shape index (κ1) is 17.1. The van der Waals surface area contributed by atoms with Gasteiger partial charge >= 0.3 is 6.03 Å². The highest BCUT2D eigenvalue weighted by atomic mass is 16.5. The Labute approximate surface area is 141 Å². The lowest BCUT2D eigenvalue weighted by atomic mass is 9.91. The molecule has 8 nitrogen and oxygen atoms in total. The van der Waals surface area contributed by atoms with Crippen molar-refractivity contribution in [3.05, 3.63) is 18.1 Å². The van der Waals surface area contributed by atoms with E-state index in [9.17, 15) is 4.79 Å². The first-order chi connectivity index (χ1) is 11.6. The van der Waals surface area contributed by atoms with E-state index in [1.54, 1.807) is 18.1 Å². The molecule has 1 spiro atoms. The van der Waals surface area contributed by atoms with E-state index in [0.29, 0.717) is 38.7 Å². The van der Waals surface area contributed by atoms with E-state index in [1.807, 2.05) is 6.92 Å². The Morgan fingerprint density at radius 1 is 1.46 bits per heavy atom. The minimum atomic E-state index is -0.292. The third-order valence-corrected chi connectivity index (χ3v) is 4.35. The molecule has 0 radical (unpaired) electrons. The van der Waals surface area contributed by atoms with Gasteiger partial charge in [-0.2, -0.15) is 0 Å². The first-order valence-electron chi connectivity index (χ1n) is 8.22. The van der Waals surface area contributed by atoms with E-state index >= 15 is 0 Å². The van der Waals surface area contributed by atoms with Crippen LogP contribution in [0.2, 0.25) is 0 Å². The molecule has 3 heterocycles. The molecule has 2 saturated heterocycles. The molecule has 2 fully saturated rings.